The molecule has 2 aromatic rings. The lowest BCUT2D eigenvalue weighted by Crippen LogP contribution is -2.24. The Morgan fingerprint density at radius 3 is 2.61 bits per heavy atom. The van der Waals surface area contributed by atoms with Gasteiger partial charge in [0.05, 0.1) is 0 Å². The van der Waals surface area contributed by atoms with Crippen LogP contribution in [0.25, 0.3) is 0 Å². The molecule has 0 saturated heterocycles. The second kappa shape index (κ2) is 5.12. The van der Waals surface area contributed by atoms with E-state index in [0.717, 1.165) is 24.1 Å². The molecule has 0 fully saturated rings. The van der Waals surface area contributed by atoms with Gasteiger partial charge in [0, 0.05) is 35.5 Å². The van der Waals surface area contributed by atoms with E-state index in [1.807, 2.05) is 0 Å². The van der Waals surface area contributed by atoms with Crippen LogP contribution < -0.4 is 10.2 Å². The lowest BCUT2D eigenvalue weighted by atomic mass is 10.1. The Bertz CT molecular complexity index is 536. The minimum Gasteiger partial charge on any atom is -0.340 e. The van der Waals surface area contributed by atoms with Gasteiger partial charge in [0.25, 0.3) is 0 Å². The van der Waals surface area contributed by atoms with Crippen molar-refractivity contribution in [1.29, 1.82) is 0 Å². The molecule has 2 aromatic carbocycles. The second-order valence-electron chi connectivity index (χ2n) is 4.43. The molecule has 92 valence electrons. The number of para-hydroxylation sites is 1. The number of benzene rings is 2. The van der Waals surface area contributed by atoms with Crippen LogP contribution in [-0.2, 0) is 6.54 Å². The van der Waals surface area contributed by atoms with Gasteiger partial charge < -0.3 is 10.2 Å². The number of hydrogen-bond acceptors (Lipinski definition) is 2. The average molecular weight is 303 g/mol. The maximum Gasteiger partial charge on any atom is 0.0456 e. The number of rotatable bonds is 1. The minimum absolute atomic E-state index is 0.948. The summed E-state index contributed by atoms with van der Waals surface area (Å²) >= 11 is 3.49. The lowest BCUT2D eigenvalue weighted by Gasteiger charge is -2.24. The van der Waals surface area contributed by atoms with Gasteiger partial charge in [-0.05, 0) is 35.9 Å². The predicted octanol–water partition coefficient (Wildman–Crippen LogP) is 3.69. The van der Waals surface area contributed by atoms with Crippen LogP contribution in [0, 0.1) is 0 Å². The monoisotopic (exact) mass is 302 g/mol. The Morgan fingerprint density at radius 1 is 1.00 bits per heavy atom. The fourth-order valence-electron chi connectivity index (χ4n) is 2.35. The van der Waals surface area contributed by atoms with E-state index >= 15 is 0 Å². The molecule has 0 saturated carbocycles. The molecule has 1 aliphatic rings. The smallest absolute Gasteiger partial charge is 0.0456 e. The fraction of sp³-hybridized carbons (Fsp3) is 0.200. The minimum atomic E-state index is 0.948. The molecule has 0 atom stereocenters. The number of nitrogens with one attached hydrogen (secondary N) is 1. The molecule has 0 aromatic heterocycles. The lowest BCUT2D eigenvalue weighted by molar-refractivity contribution is 0.712. The summed E-state index contributed by atoms with van der Waals surface area (Å²) in [6, 6.07) is 17.1. The fourth-order valence-corrected chi connectivity index (χ4v) is 2.61. The van der Waals surface area contributed by atoms with Gasteiger partial charge >= 0.3 is 0 Å². The van der Waals surface area contributed by atoms with Crippen LogP contribution in [0.1, 0.15) is 5.56 Å². The highest BCUT2D eigenvalue weighted by Crippen LogP contribution is 2.30. The van der Waals surface area contributed by atoms with E-state index < -0.39 is 0 Å². The largest absolute Gasteiger partial charge is 0.340 e. The molecule has 1 aliphatic heterocycles. The van der Waals surface area contributed by atoms with Gasteiger partial charge in [0.1, 0.15) is 0 Å². The van der Waals surface area contributed by atoms with E-state index in [2.05, 4.69) is 74.7 Å². The zero-order valence-corrected chi connectivity index (χ0v) is 11.7. The van der Waals surface area contributed by atoms with Crippen molar-refractivity contribution in [2.45, 2.75) is 6.54 Å². The Hall–Kier alpha value is -1.32. The number of hydrogen-bond donors (Lipinski definition) is 1. The Balaban J connectivity index is 2.03. The number of nitrogens with zero attached hydrogens (tertiary/aromatic N) is 1. The van der Waals surface area contributed by atoms with Crippen molar-refractivity contribution in [3.63, 3.8) is 0 Å². The molecule has 1 heterocycles. The van der Waals surface area contributed by atoms with Crippen LogP contribution in [0.5, 0.6) is 0 Å². The zero-order valence-electron chi connectivity index (χ0n) is 10.1. The standard InChI is InChI=1S/C15H15BrN2/c16-13-5-7-14(8-6-13)18-10-9-17-11-12-3-1-2-4-15(12)18/h1-8,17H,9-11H2. The molecular weight excluding hydrogens is 288 g/mol. The van der Waals surface area contributed by atoms with Gasteiger partial charge in [0.2, 0.25) is 0 Å². The van der Waals surface area contributed by atoms with E-state index in [0.29, 0.717) is 0 Å². The van der Waals surface area contributed by atoms with Crippen LogP contribution in [0.15, 0.2) is 53.0 Å². The van der Waals surface area contributed by atoms with E-state index in [1.165, 1.54) is 16.9 Å². The predicted molar refractivity (Wildman–Crippen MR) is 79.3 cm³/mol. The van der Waals surface area contributed by atoms with Crippen LogP contribution >= 0.6 is 15.9 Å². The SMILES string of the molecule is Brc1ccc(N2CCNCc3ccccc32)cc1. The van der Waals surface area contributed by atoms with Crippen molar-refractivity contribution >= 4 is 27.3 Å². The van der Waals surface area contributed by atoms with Crippen molar-refractivity contribution < 1.29 is 0 Å². The van der Waals surface area contributed by atoms with Crippen molar-refractivity contribution in [3.8, 4) is 0 Å². The molecule has 3 heteroatoms. The van der Waals surface area contributed by atoms with E-state index in [-0.39, 0.29) is 0 Å². The highest BCUT2D eigenvalue weighted by atomic mass is 79.9. The molecule has 0 unspecified atom stereocenters. The topological polar surface area (TPSA) is 15.3 Å². The summed E-state index contributed by atoms with van der Waals surface area (Å²) in [6.07, 6.45) is 0. The summed E-state index contributed by atoms with van der Waals surface area (Å²) in [5.41, 5.74) is 3.91. The highest BCUT2D eigenvalue weighted by Gasteiger charge is 2.15. The highest BCUT2D eigenvalue weighted by molar-refractivity contribution is 9.10. The summed E-state index contributed by atoms with van der Waals surface area (Å²) in [4.78, 5) is 2.38. The molecule has 0 amide bonds. The average Bonchev–Trinajstić information content (AvgIpc) is 2.62. The molecule has 2 nitrogen and oxygen atoms in total. The third-order valence-corrected chi connectivity index (χ3v) is 3.78. The first-order valence-corrected chi connectivity index (χ1v) is 6.95. The first-order chi connectivity index (χ1) is 8.84. The summed E-state index contributed by atoms with van der Waals surface area (Å²) in [6.45, 7) is 2.95. The van der Waals surface area contributed by atoms with Crippen molar-refractivity contribution in [3.05, 3.63) is 58.6 Å². The summed E-state index contributed by atoms with van der Waals surface area (Å²) in [5, 5.41) is 3.46. The quantitative estimate of drug-likeness (QED) is 0.864. The number of halogens is 1. The third-order valence-electron chi connectivity index (χ3n) is 3.25. The molecule has 0 aliphatic carbocycles. The summed E-state index contributed by atoms with van der Waals surface area (Å²) < 4.78 is 1.12. The van der Waals surface area contributed by atoms with Crippen molar-refractivity contribution in [1.82, 2.24) is 5.32 Å². The first-order valence-electron chi connectivity index (χ1n) is 6.16. The summed E-state index contributed by atoms with van der Waals surface area (Å²) in [7, 11) is 0. The van der Waals surface area contributed by atoms with E-state index in [9.17, 15) is 0 Å². The number of fused-ring (bicyclic) bond motifs is 1. The third kappa shape index (κ3) is 2.28. The maximum absolute atomic E-state index is 3.49. The van der Waals surface area contributed by atoms with E-state index in [1.54, 1.807) is 0 Å². The zero-order chi connectivity index (χ0) is 12.4. The van der Waals surface area contributed by atoms with Gasteiger partial charge in [-0.25, -0.2) is 0 Å². The van der Waals surface area contributed by atoms with E-state index in [4.69, 9.17) is 0 Å². The van der Waals surface area contributed by atoms with Gasteiger partial charge in [0.15, 0.2) is 0 Å². The van der Waals surface area contributed by atoms with Gasteiger partial charge in [-0.3, -0.25) is 0 Å². The molecule has 1 N–H and O–H groups in total. The maximum atomic E-state index is 3.49. The molecule has 0 radical (unpaired) electrons. The molecule has 3 rings (SSSR count). The number of anilines is 2. The Morgan fingerprint density at radius 2 is 1.78 bits per heavy atom. The van der Waals surface area contributed by atoms with Crippen LogP contribution in [-0.4, -0.2) is 13.1 Å². The van der Waals surface area contributed by atoms with Crippen LogP contribution in [0.4, 0.5) is 11.4 Å². The molecule has 0 bridgehead atoms. The molecule has 18 heavy (non-hydrogen) atoms. The Labute approximate surface area is 116 Å². The second-order valence-corrected chi connectivity index (χ2v) is 5.35. The van der Waals surface area contributed by atoms with Gasteiger partial charge in [-0.2, -0.15) is 0 Å². The molecular formula is C15H15BrN2. The first kappa shape index (κ1) is 11.8. The Kier molecular flexibility index (Phi) is 3.35. The normalized spacial score (nSPS) is 15.1. The van der Waals surface area contributed by atoms with Gasteiger partial charge in [-0.1, -0.05) is 34.1 Å². The van der Waals surface area contributed by atoms with Crippen molar-refractivity contribution in [2.24, 2.45) is 0 Å². The van der Waals surface area contributed by atoms with Crippen LogP contribution in [0.3, 0.4) is 0 Å². The van der Waals surface area contributed by atoms with Gasteiger partial charge in [-0.15, -0.1) is 0 Å². The van der Waals surface area contributed by atoms with Crippen molar-refractivity contribution in [2.75, 3.05) is 18.0 Å². The molecule has 0 spiro atoms. The summed E-state index contributed by atoms with van der Waals surface area (Å²) in [5.74, 6) is 0. The van der Waals surface area contributed by atoms with Crippen LogP contribution in [0.2, 0.25) is 0 Å².